The molecular formula is C22H26N6O2S. The summed E-state index contributed by atoms with van der Waals surface area (Å²) in [6.45, 7) is 7.55. The molecule has 5 rings (SSSR count). The van der Waals surface area contributed by atoms with Crippen molar-refractivity contribution >= 4 is 28.1 Å². The number of pyridine rings is 1. The van der Waals surface area contributed by atoms with Gasteiger partial charge in [0.1, 0.15) is 6.10 Å². The van der Waals surface area contributed by atoms with Crippen LogP contribution in [0.3, 0.4) is 0 Å². The Labute approximate surface area is 185 Å². The summed E-state index contributed by atoms with van der Waals surface area (Å²) < 4.78 is 6.01. The first-order chi connectivity index (χ1) is 15.0. The van der Waals surface area contributed by atoms with E-state index in [4.69, 9.17) is 9.72 Å². The minimum atomic E-state index is -0.273. The normalized spacial score (nSPS) is 18.3. The Morgan fingerprint density at radius 1 is 1.26 bits per heavy atom. The number of nitrogens with one attached hydrogen (secondary N) is 2. The molecular weight excluding hydrogens is 412 g/mol. The lowest BCUT2D eigenvalue weighted by Crippen LogP contribution is -2.43. The van der Waals surface area contributed by atoms with E-state index >= 15 is 0 Å². The molecule has 0 aromatic carbocycles. The highest BCUT2D eigenvalue weighted by atomic mass is 32.1. The van der Waals surface area contributed by atoms with E-state index in [0.29, 0.717) is 25.4 Å². The molecule has 8 nitrogen and oxygen atoms in total. The molecule has 0 bridgehead atoms. The van der Waals surface area contributed by atoms with Crippen LogP contribution in [-0.2, 0) is 17.6 Å². The van der Waals surface area contributed by atoms with Gasteiger partial charge in [-0.3, -0.25) is 14.9 Å². The van der Waals surface area contributed by atoms with Crippen molar-refractivity contribution in [2.24, 2.45) is 0 Å². The smallest absolute Gasteiger partial charge is 0.274 e. The monoisotopic (exact) mass is 438 g/mol. The SMILES string of the molecule is Cc1cc(Nc2nc(C)c(C)s2)cc(C2CN(C(=O)c3n[nH]c4c3CCC4)CCO2)n1. The summed E-state index contributed by atoms with van der Waals surface area (Å²) in [5.41, 5.74) is 6.43. The lowest BCUT2D eigenvalue weighted by Gasteiger charge is -2.32. The number of hydrogen-bond acceptors (Lipinski definition) is 7. The molecule has 0 spiro atoms. The van der Waals surface area contributed by atoms with Crippen LogP contribution in [0.4, 0.5) is 10.8 Å². The third-order valence-corrected chi connectivity index (χ3v) is 6.93. The van der Waals surface area contributed by atoms with Gasteiger partial charge in [-0.1, -0.05) is 0 Å². The number of carbonyl (C=O) groups is 1. The van der Waals surface area contributed by atoms with Crippen LogP contribution in [0.25, 0.3) is 0 Å². The highest BCUT2D eigenvalue weighted by Crippen LogP contribution is 2.29. The fourth-order valence-electron chi connectivity index (χ4n) is 4.24. The average Bonchev–Trinajstić information content (AvgIpc) is 3.44. The number of hydrogen-bond donors (Lipinski definition) is 2. The van der Waals surface area contributed by atoms with E-state index in [-0.39, 0.29) is 12.0 Å². The molecule has 2 N–H and O–H groups in total. The standard InChI is InChI=1S/C22H26N6O2S/c1-12-9-15(25-22-24-13(2)14(3)31-22)10-18(23-12)19-11-28(7-8-30-19)21(29)20-16-5-4-6-17(16)26-27-20/h9-10,19H,4-8,11H2,1-3H3,(H,26,27)(H,23,24,25). The number of rotatable bonds is 4. The number of morpholine rings is 1. The Morgan fingerprint density at radius 2 is 2.13 bits per heavy atom. The van der Waals surface area contributed by atoms with Gasteiger partial charge < -0.3 is 15.0 Å². The second-order valence-electron chi connectivity index (χ2n) is 8.20. The molecule has 2 aliphatic rings. The van der Waals surface area contributed by atoms with Gasteiger partial charge in [0.05, 0.1) is 24.5 Å². The van der Waals surface area contributed by atoms with Gasteiger partial charge >= 0.3 is 0 Å². The molecule has 1 unspecified atom stereocenters. The van der Waals surface area contributed by atoms with Crippen LogP contribution in [0.1, 0.15) is 56.2 Å². The molecule has 0 saturated carbocycles. The van der Waals surface area contributed by atoms with Crippen LogP contribution in [0.5, 0.6) is 0 Å². The first-order valence-corrected chi connectivity index (χ1v) is 11.5. The van der Waals surface area contributed by atoms with Crippen LogP contribution in [0.2, 0.25) is 0 Å². The number of fused-ring (bicyclic) bond motifs is 1. The minimum Gasteiger partial charge on any atom is -0.368 e. The lowest BCUT2D eigenvalue weighted by molar-refractivity contribution is -0.0249. The number of ether oxygens (including phenoxy) is 1. The topological polar surface area (TPSA) is 96.0 Å². The zero-order valence-corrected chi connectivity index (χ0v) is 18.8. The molecule has 162 valence electrons. The van der Waals surface area contributed by atoms with E-state index in [1.807, 2.05) is 30.9 Å². The number of nitrogens with zero attached hydrogens (tertiary/aromatic N) is 4. The third kappa shape index (κ3) is 3.95. The highest BCUT2D eigenvalue weighted by molar-refractivity contribution is 7.15. The zero-order chi connectivity index (χ0) is 21.5. The Hall–Kier alpha value is -2.78. The fraction of sp³-hybridized carbons (Fsp3) is 0.455. The van der Waals surface area contributed by atoms with Crippen LogP contribution in [0.15, 0.2) is 12.1 Å². The van der Waals surface area contributed by atoms with E-state index in [0.717, 1.165) is 58.4 Å². The zero-order valence-electron chi connectivity index (χ0n) is 18.0. The molecule has 9 heteroatoms. The molecule has 31 heavy (non-hydrogen) atoms. The highest BCUT2D eigenvalue weighted by Gasteiger charge is 2.31. The largest absolute Gasteiger partial charge is 0.368 e. The summed E-state index contributed by atoms with van der Waals surface area (Å²) in [4.78, 5) is 25.5. The van der Waals surface area contributed by atoms with Gasteiger partial charge in [-0.15, -0.1) is 11.3 Å². The van der Waals surface area contributed by atoms with Crippen molar-refractivity contribution in [2.45, 2.75) is 46.1 Å². The van der Waals surface area contributed by atoms with E-state index in [2.05, 4.69) is 27.4 Å². The van der Waals surface area contributed by atoms with Crippen molar-refractivity contribution in [3.8, 4) is 0 Å². The van der Waals surface area contributed by atoms with Crippen LogP contribution in [-0.4, -0.2) is 50.7 Å². The molecule has 0 radical (unpaired) electrons. The summed E-state index contributed by atoms with van der Waals surface area (Å²) in [5.74, 6) is -0.0209. The molecule has 1 aliphatic carbocycles. The maximum absolute atomic E-state index is 13.2. The summed E-state index contributed by atoms with van der Waals surface area (Å²) in [7, 11) is 0. The predicted molar refractivity (Wildman–Crippen MR) is 119 cm³/mol. The quantitative estimate of drug-likeness (QED) is 0.646. The van der Waals surface area contributed by atoms with E-state index in [1.54, 1.807) is 11.3 Å². The average molecular weight is 439 g/mol. The van der Waals surface area contributed by atoms with Gasteiger partial charge in [-0.25, -0.2) is 4.98 Å². The van der Waals surface area contributed by atoms with Crippen molar-refractivity contribution < 1.29 is 9.53 Å². The maximum atomic E-state index is 13.2. The minimum absolute atomic E-state index is 0.0209. The van der Waals surface area contributed by atoms with Crippen molar-refractivity contribution in [3.63, 3.8) is 0 Å². The number of carbonyl (C=O) groups excluding carboxylic acids is 1. The van der Waals surface area contributed by atoms with Gasteiger partial charge in [0.15, 0.2) is 10.8 Å². The molecule has 3 aromatic heterocycles. The summed E-state index contributed by atoms with van der Waals surface area (Å²) >= 11 is 1.63. The van der Waals surface area contributed by atoms with Crippen molar-refractivity contribution in [1.29, 1.82) is 0 Å². The van der Waals surface area contributed by atoms with Crippen molar-refractivity contribution in [1.82, 2.24) is 25.1 Å². The molecule has 1 saturated heterocycles. The Bertz CT molecular complexity index is 1120. The number of aryl methyl sites for hydroxylation is 4. The first-order valence-electron chi connectivity index (χ1n) is 10.6. The van der Waals surface area contributed by atoms with Crippen LogP contribution < -0.4 is 5.32 Å². The Balaban J connectivity index is 1.35. The molecule has 1 atom stereocenters. The van der Waals surface area contributed by atoms with Crippen molar-refractivity contribution in [3.05, 3.63) is 51.0 Å². The molecule has 1 aliphatic heterocycles. The molecule has 1 fully saturated rings. The second-order valence-corrected chi connectivity index (χ2v) is 9.40. The Morgan fingerprint density at radius 3 is 2.94 bits per heavy atom. The summed E-state index contributed by atoms with van der Waals surface area (Å²) in [6, 6.07) is 3.98. The van der Waals surface area contributed by atoms with E-state index in [1.165, 1.54) is 4.88 Å². The second kappa shape index (κ2) is 8.05. The van der Waals surface area contributed by atoms with Crippen LogP contribution in [0, 0.1) is 20.8 Å². The number of thiazole rings is 1. The number of anilines is 2. The van der Waals surface area contributed by atoms with Gasteiger partial charge in [0.25, 0.3) is 5.91 Å². The molecule has 1 amide bonds. The fourth-order valence-corrected chi connectivity index (χ4v) is 5.07. The number of H-pyrrole nitrogens is 1. The summed E-state index contributed by atoms with van der Waals surface area (Å²) in [6.07, 6.45) is 2.70. The van der Waals surface area contributed by atoms with Crippen LogP contribution >= 0.6 is 11.3 Å². The third-order valence-electron chi connectivity index (χ3n) is 5.95. The maximum Gasteiger partial charge on any atom is 0.274 e. The van der Waals surface area contributed by atoms with Gasteiger partial charge in [0, 0.05) is 34.1 Å². The Kier molecular flexibility index (Phi) is 5.23. The van der Waals surface area contributed by atoms with Gasteiger partial charge in [0.2, 0.25) is 0 Å². The number of amides is 1. The summed E-state index contributed by atoms with van der Waals surface area (Å²) in [5, 5.41) is 11.6. The molecule has 4 heterocycles. The van der Waals surface area contributed by atoms with E-state index < -0.39 is 0 Å². The van der Waals surface area contributed by atoms with Crippen molar-refractivity contribution in [2.75, 3.05) is 25.0 Å². The van der Waals surface area contributed by atoms with Gasteiger partial charge in [-0.05, 0) is 52.2 Å². The first kappa shape index (κ1) is 20.1. The number of aromatic nitrogens is 4. The number of aromatic amines is 1. The van der Waals surface area contributed by atoms with Gasteiger partial charge in [-0.2, -0.15) is 5.10 Å². The molecule has 3 aromatic rings. The lowest BCUT2D eigenvalue weighted by atomic mass is 10.1. The van der Waals surface area contributed by atoms with E-state index in [9.17, 15) is 4.79 Å². The predicted octanol–water partition coefficient (Wildman–Crippen LogP) is 3.63.